The molecule has 1 amide bonds. The predicted molar refractivity (Wildman–Crippen MR) is 73.9 cm³/mol. The Kier molecular flexibility index (Phi) is 4.26. The normalized spacial score (nSPS) is 10.3. The van der Waals surface area contributed by atoms with Gasteiger partial charge in [0.2, 0.25) is 0 Å². The van der Waals surface area contributed by atoms with Crippen LogP contribution >= 0.6 is 31.9 Å². The highest BCUT2D eigenvalue weighted by Crippen LogP contribution is 2.24. The molecular weight excluding hydrogens is 386 g/mol. The zero-order chi connectivity index (χ0) is 14.0. The van der Waals surface area contributed by atoms with Crippen molar-refractivity contribution in [2.75, 3.05) is 5.32 Å². The molecule has 0 aliphatic rings. The number of aromatic nitrogens is 1. The summed E-state index contributed by atoms with van der Waals surface area (Å²) < 4.78 is 27.3. The van der Waals surface area contributed by atoms with Crippen molar-refractivity contribution in [2.24, 2.45) is 0 Å². The molecule has 0 bridgehead atoms. The molecule has 3 nitrogen and oxygen atoms in total. The Morgan fingerprint density at radius 3 is 2.58 bits per heavy atom. The number of hydrogen-bond donors (Lipinski definition) is 1. The van der Waals surface area contributed by atoms with Gasteiger partial charge in [-0.3, -0.25) is 4.79 Å². The first-order valence-corrected chi connectivity index (χ1v) is 6.64. The molecule has 0 unspecified atom stereocenters. The Morgan fingerprint density at radius 2 is 1.89 bits per heavy atom. The molecule has 0 saturated heterocycles. The van der Waals surface area contributed by atoms with Crippen molar-refractivity contribution >= 4 is 43.5 Å². The minimum absolute atomic E-state index is 0.0120. The Balaban J connectivity index is 2.30. The molecule has 2 rings (SSSR count). The van der Waals surface area contributed by atoms with Crippen LogP contribution in [0.1, 0.15) is 10.5 Å². The van der Waals surface area contributed by atoms with Crippen LogP contribution in [0, 0.1) is 11.6 Å². The molecule has 0 spiro atoms. The summed E-state index contributed by atoms with van der Waals surface area (Å²) in [6.45, 7) is 0. The van der Waals surface area contributed by atoms with Gasteiger partial charge in [0.1, 0.15) is 17.3 Å². The van der Waals surface area contributed by atoms with Gasteiger partial charge in [0.25, 0.3) is 5.91 Å². The summed E-state index contributed by atoms with van der Waals surface area (Å²) in [5, 5.41) is 2.27. The van der Waals surface area contributed by atoms with E-state index in [9.17, 15) is 13.6 Å². The third kappa shape index (κ3) is 3.16. The Bertz CT molecular complexity index is 650. The summed E-state index contributed by atoms with van der Waals surface area (Å²) in [5.74, 6) is -2.04. The van der Waals surface area contributed by atoms with Crippen LogP contribution in [0.25, 0.3) is 0 Å². The van der Waals surface area contributed by atoms with Crippen LogP contribution in [-0.2, 0) is 0 Å². The van der Waals surface area contributed by atoms with E-state index < -0.39 is 17.5 Å². The molecule has 2 aromatic rings. The fourth-order valence-electron chi connectivity index (χ4n) is 1.35. The first-order chi connectivity index (χ1) is 8.99. The largest absolute Gasteiger partial charge is 0.318 e. The molecule has 0 radical (unpaired) electrons. The highest BCUT2D eigenvalue weighted by Gasteiger charge is 2.15. The number of carbonyl (C=O) groups is 1. The van der Waals surface area contributed by atoms with Crippen molar-refractivity contribution in [3.05, 3.63) is 56.7 Å². The van der Waals surface area contributed by atoms with Crippen LogP contribution < -0.4 is 5.32 Å². The van der Waals surface area contributed by atoms with Gasteiger partial charge in [-0.25, -0.2) is 13.8 Å². The molecule has 98 valence electrons. The second kappa shape index (κ2) is 5.75. The van der Waals surface area contributed by atoms with Gasteiger partial charge in [-0.05, 0) is 50.1 Å². The van der Waals surface area contributed by atoms with Crippen molar-refractivity contribution in [3.8, 4) is 0 Å². The molecule has 0 aliphatic heterocycles. The molecule has 0 aliphatic carbocycles. The van der Waals surface area contributed by atoms with Gasteiger partial charge in [-0.1, -0.05) is 0 Å². The number of rotatable bonds is 2. The number of nitrogens with one attached hydrogen (secondary N) is 1. The monoisotopic (exact) mass is 390 g/mol. The van der Waals surface area contributed by atoms with Crippen LogP contribution in [-0.4, -0.2) is 10.9 Å². The molecule has 19 heavy (non-hydrogen) atoms. The van der Waals surface area contributed by atoms with Crippen molar-refractivity contribution in [2.45, 2.75) is 0 Å². The van der Waals surface area contributed by atoms with E-state index in [1.807, 2.05) is 0 Å². The molecule has 1 N–H and O–H groups in total. The molecule has 1 heterocycles. The fourth-order valence-corrected chi connectivity index (χ4v) is 2.10. The van der Waals surface area contributed by atoms with E-state index >= 15 is 0 Å². The summed E-state index contributed by atoms with van der Waals surface area (Å²) in [7, 11) is 0. The number of hydrogen-bond acceptors (Lipinski definition) is 2. The Hall–Kier alpha value is -1.34. The number of amides is 1. The first-order valence-electron chi connectivity index (χ1n) is 5.05. The average molecular weight is 392 g/mol. The standard InChI is InChI=1S/C12H6Br2F2N2O/c13-6-2-1-3-17-11(6)12(19)18-10-5-8(15)7(14)4-9(10)16/h1-5H,(H,18,19). The maximum absolute atomic E-state index is 13.6. The molecule has 7 heteroatoms. The average Bonchev–Trinajstić information content (AvgIpc) is 2.36. The minimum atomic E-state index is -0.742. The number of benzene rings is 1. The second-order valence-electron chi connectivity index (χ2n) is 3.53. The number of carbonyl (C=O) groups excluding carboxylic acids is 1. The lowest BCUT2D eigenvalue weighted by Crippen LogP contribution is -2.15. The first kappa shape index (κ1) is 14.1. The van der Waals surface area contributed by atoms with E-state index in [1.165, 1.54) is 6.20 Å². The van der Waals surface area contributed by atoms with Gasteiger partial charge >= 0.3 is 0 Å². The van der Waals surface area contributed by atoms with E-state index in [1.54, 1.807) is 12.1 Å². The van der Waals surface area contributed by atoms with Crippen molar-refractivity contribution in [1.82, 2.24) is 4.98 Å². The molecule has 0 saturated carbocycles. The van der Waals surface area contributed by atoms with Gasteiger partial charge in [0.15, 0.2) is 0 Å². The highest BCUT2D eigenvalue weighted by atomic mass is 79.9. The maximum Gasteiger partial charge on any atom is 0.275 e. The summed E-state index contributed by atoms with van der Waals surface area (Å²) in [4.78, 5) is 15.7. The molecule has 0 fully saturated rings. The highest BCUT2D eigenvalue weighted by molar-refractivity contribution is 9.10. The zero-order valence-electron chi connectivity index (χ0n) is 9.25. The Labute approximate surface area is 124 Å². The van der Waals surface area contributed by atoms with E-state index in [0.717, 1.165) is 12.1 Å². The maximum atomic E-state index is 13.6. The van der Waals surface area contributed by atoms with E-state index in [-0.39, 0.29) is 15.9 Å². The van der Waals surface area contributed by atoms with E-state index in [0.29, 0.717) is 4.47 Å². The van der Waals surface area contributed by atoms with Gasteiger partial charge < -0.3 is 5.32 Å². The third-order valence-electron chi connectivity index (χ3n) is 2.23. The van der Waals surface area contributed by atoms with Gasteiger partial charge in [0.05, 0.1) is 10.2 Å². The van der Waals surface area contributed by atoms with Crippen LogP contribution in [0.4, 0.5) is 14.5 Å². The summed E-state index contributed by atoms with van der Waals surface area (Å²) >= 11 is 6.01. The minimum Gasteiger partial charge on any atom is -0.318 e. The second-order valence-corrected chi connectivity index (χ2v) is 5.24. The molecule has 0 atom stereocenters. The van der Waals surface area contributed by atoms with Crippen LogP contribution in [0.15, 0.2) is 39.4 Å². The molecule has 1 aromatic carbocycles. The lowest BCUT2D eigenvalue weighted by atomic mass is 10.2. The fraction of sp³-hybridized carbons (Fsp3) is 0. The topological polar surface area (TPSA) is 42.0 Å². The van der Waals surface area contributed by atoms with E-state index in [4.69, 9.17) is 0 Å². The molecular formula is C12H6Br2F2N2O. The van der Waals surface area contributed by atoms with Gasteiger partial charge in [-0.2, -0.15) is 0 Å². The number of anilines is 1. The molecule has 1 aromatic heterocycles. The summed E-state index contributed by atoms with van der Waals surface area (Å²) in [5.41, 5.74) is -0.159. The van der Waals surface area contributed by atoms with Crippen LogP contribution in [0.2, 0.25) is 0 Å². The van der Waals surface area contributed by atoms with Crippen LogP contribution in [0.3, 0.4) is 0 Å². The lowest BCUT2D eigenvalue weighted by Gasteiger charge is -2.08. The Morgan fingerprint density at radius 1 is 1.16 bits per heavy atom. The van der Waals surface area contributed by atoms with Crippen molar-refractivity contribution in [3.63, 3.8) is 0 Å². The number of pyridine rings is 1. The lowest BCUT2D eigenvalue weighted by molar-refractivity contribution is 0.102. The summed E-state index contributed by atoms with van der Waals surface area (Å²) in [6.07, 6.45) is 1.43. The van der Waals surface area contributed by atoms with Crippen molar-refractivity contribution < 1.29 is 13.6 Å². The smallest absolute Gasteiger partial charge is 0.275 e. The number of halogens is 4. The zero-order valence-corrected chi connectivity index (χ0v) is 12.4. The van der Waals surface area contributed by atoms with Crippen molar-refractivity contribution in [1.29, 1.82) is 0 Å². The quantitative estimate of drug-likeness (QED) is 0.782. The van der Waals surface area contributed by atoms with Crippen LogP contribution in [0.5, 0.6) is 0 Å². The number of nitrogens with zero attached hydrogens (tertiary/aromatic N) is 1. The van der Waals surface area contributed by atoms with E-state index in [2.05, 4.69) is 42.2 Å². The predicted octanol–water partition coefficient (Wildman–Crippen LogP) is 4.14. The third-order valence-corrected chi connectivity index (χ3v) is 3.48. The SMILES string of the molecule is O=C(Nc1cc(F)c(Br)cc1F)c1ncccc1Br. The van der Waals surface area contributed by atoms with Gasteiger partial charge in [0, 0.05) is 16.7 Å². The summed E-state index contributed by atoms with van der Waals surface area (Å²) in [6, 6.07) is 5.10. The van der Waals surface area contributed by atoms with Gasteiger partial charge in [-0.15, -0.1) is 0 Å².